The Hall–Kier alpha value is -2.56. The number of aliphatic hydroxyl groups is 1. The zero-order valence-electron chi connectivity index (χ0n) is 32.7. The van der Waals surface area contributed by atoms with E-state index in [1.54, 1.807) is 0 Å². The van der Waals surface area contributed by atoms with Gasteiger partial charge < -0.3 is 21.0 Å². The van der Waals surface area contributed by atoms with Crippen molar-refractivity contribution in [2.45, 2.75) is 116 Å². The first-order valence-electron chi connectivity index (χ1n) is 18.9. The van der Waals surface area contributed by atoms with Gasteiger partial charge in [-0.05, 0) is 43.7 Å². The molecule has 0 fully saturated rings. The van der Waals surface area contributed by atoms with Crippen molar-refractivity contribution < 1.29 is 9.53 Å². The highest BCUT2D eigenvalue weighted by atomic mass is 35.6. The van der Waals surface area contributed by atoms with Gasteiger partial charge in [-0.2, -0.15) is 11.1 Å². The van der Waals surface area contributed by atoms with Crippen LogP contribution in [0.1, 0.15) is 93.9 Å². The summed E-state index contributed by atoms with van der Waals surface area (Å²) in [5.41, 5.74) is 11.8. The van der Waals surface area contributed by atoms with Crippen LogP contribution in [0.2, 0.25) is 10.1 Å². The van der Waals surface area contributed by atoms with Crippen LogP contribution >= 0.6 is 11.1 Å². The van der Waals surface area contributed by atoms with Crippen molar-refractivity contribution in [3.63, 3.8) is 0 Å². The lowest BCUT2D eigenvalue weighted by Gasteiger charge is -2.43. The molecule has 0 aliphatic rings. The molecule has 0 saturated heterocycles. The molecule has 2 atom stereocenters. The molecular formula is C44H67ClN2O2Si2. The number of aliphatic hydroxyl groups excluding tert-OH is 1. The molecule has 4 aromatic rings. The SMILES string of the molecule is CC(C)(C)[Si](Cl)(c1ccccc1)c1ccccc1.CCCC[C@H](N)CO.CCCC[C@H](N)CO[Si](c1ccccc1)(c1ccccc1)C(C)(C)C. The molecule has 0 heterocycles. The number of rotatable bonds is 14. The summed E-state index contributed by atoms with van der Waals surface area (Å²) in [5, 5.41) is 13.7. The maximum atomic E-state index is 8.44. The molecule has 0 amide bonds. The lowest BCUT2D eigenvalue weighted by atomic mass is 10.1. The molecule has 0 spiro atoms. The Labute approximate surface area is 317 Å². The van der Waals surface area contributed by atoms with Gasteiger partial charge in [0.05, 0.1) is 6.61 Å². The molecule has 0 saturated carbocycles. The number of benzene rings is 4. The molecule has 4 rings (SSSR count). The maximum Gasteiger partial charge on any atom is 0.261 e. The highest BCUT2D eigenvalue weighted by Crippen LogP contribution is 2.38. The van der Waals surface area contributed by atoms with Crippen LogP contribution in [0.5, 0.6) is 0 Å². The molecule has 0 bridgehead atoms. The Morgan fingerprint density at radius 3 is 1.20 bits per heavy atom. The second-order valence-electron chi connectivity index (χ2n) is 15.6. The second kappa shape index (κ2) is 21.8. The van der Waals surface area contributed by atoms with E-state index in [-0.39, 0.29) is 28.8 Å². The molecule has 0 aliphatic carbocycles. The van der Waals surface area contributed by atoms with Crippen molar-refractivity contribution in [1.82, 2.24) is 0 Å². The molecular weight excluding hydrogens is 680 g/mol. The smallest absolute Gasteiger partial charge is 0.261 e. The van der Waals surface area contributed by atoms with Gasteiger partial charge in [0, 0.05) is 18.7 Å². The Morgan fingerprint density at radius 2 is 0.902 bits per heavy atom. The first kappa shape index (κ1) is 44.6. The summed E-state index contributed by atoms with van der Waals surface area (Å²) >= 11 is 7.21. The van der Waals surface area contributed by atoms with Crippen LogP contribution in [0, 0.1) is 0 Å². The standard InChI is InChI=1S/C22H33NOSi.C16H19ClSi.C6H15NO/c1-5-6-13-19(23)18-24-25(22(2,3)4,20-14-9-7-10-15-20)21-16-11-8-12-17-21;1-16(2,3)18(17,14-10-6-4-7-11-14)15-12-8-5-9-13-15;1-2-3-4-6(7)5-8/h7-12,14-17,19H,5-6,13,18,23H2,1-4H3;4-13H,1-3H3;6,8H,2-5,7H2,1H3/t19-;;6-/m0.0/s1. The molecule has 0 unspecified atom stereocenters. The normalized spacial score (nSPS) is 13.3. The lowest BCUT2D eigenvalue weighted by Crippen LogP contribution is -2.67. The first-order valence-corrected chi connectivity index (χ1v) is 23.8. The molecule has 4 nitrogen and oxygen atoms in total. The van der Waals surface area contributed by atoms with E-state index in [1.807, 2.05) is 12.1 Å². The monoisotopic (exact) mass is 746 g/mol. The minimum Gasteiger partial charge on any atom is -0.406 e. The maximum absolute atomic E-state index is 8.44. The van der Waals surface area contributed by atoms with Crippen molar-refractivity contribution >= 4 is 47.5 Å². The first-order chi connectivity index (χ1) is 24.2. The summed E-state index contributed by atoms with van der Waals surface area (Å²) in [6.45, 7) is 18.7. The third kappa shape index (κ3) is 12.8. The van der Waals surface area contributed by atoms with Gasteiger partial charge in [-0.3, -0.25) is 0 Å². The van der Waals surface area contributed by atoms with Gasteiger partial charge in [0.2, 0.25) is 7.38 Å². The zero-order valence-corrected chi connectivity index (χ0v) is 35.5. The van der Waals surface area contributed by atoms with Gasteiger partial charge in [-0.15, -0.1) is 0 Å². The summed E-state index contributed by atoms with van der Waals surface area (Å²) in [4.78, 5) is 0. The summed E-state index contributed by atoms with van der Waals surface area (Å²) < 4.78 is 6.84. The Kier molecular flexibility index (Phi) is 19.1. The Balaban J connectivity index is 0.000000301. The van der Waals surface area contributed by atoms with Crippen molar-refractivity contribution in [2.75, 3.05) is 13.2 Å². The fourth-order valence-electron chi connectivity index (χ4n) is 6.47. The summed E-state index contributed by atoms with van der Waals surface area (Å²) in [7, 11) is -4.66. The van der Waals surface area contributed by atoms with E-state index >= 15 is 0 Å². The van der Waals surface area contributed by atoms with Gasteiger partial charge in [-0.25, -0.2) is 0 Å². The number of halogens is 1. The lowest BCUT2D eigenvalue weighted by molar-refractivity contribution is 0.258. The number of hydrogen-bond donors (Lipinski definition) is 3. The van der Waals surface area contributed by atoms with Crippen LogP contribution in [-0.4, -0.2) is 46.1 Å². The van der Waals surface area contributed by atoms with Crippen LogP contribution in [0.3, 0.4) is 0 Å². The van der Waals surface area contributed by atoms with Gasteiger partial charge >= 0.3 is 0 Å². The molecule has 5 N–H and O–H groups in total. The predicted molar refractivity (Wildman–Crippen MR) is 229 cm³/mol. The topological polar surface area (TPSA) is 81.5 Å². The van der Waals surface area contributed by atoms with Crippen LogP contribution < -0.4 is 32.2 Å². The van der Waals surface area contributed by atoms with Crippen molar-refractivity contribution in [3.05, 3.63) is 121 Å². The highest BCUT2D eigenvalue weighted by Gasteiger charge is 2.50. The van der Waals surface area contributed by atoms with Gasteiger partial charge in [0.25, 0.3) is 8.32 Å². The largest absolute Gasteiger partial charge is 0.406 e. The summed E-state index contributed by atoms with van der Waals surface area (Å²) in [6.07, 6.45) is 6.59. The molecule has 7 heteroatoms. The molecule has 51 heavy (non-hydrogen) atoms. The van der Waals surface area contributed by atoms with E-state index in [1.165, 1.54) is 27.2 Å². The second-order valence-corrected chi connectivity index (χ2v) is 25.6. The fourth-order valence-corrected chi connectivity index (χ4v) is 15.2. The number of nitrogens with two attached hydrogens (primary N) is 2. The van der Waals surface area contributed by atoms with Gasteiger partial charge in [0.15, 0.2) is 0 Å². The van der Waals surface area contributed by atoms with E-state index < -0.39 is 15.7 Å². The molecule has 0 radical (unpaired) electrons. The van der Waals surface area contributed by atoms with Gasteiger partial charge in [-0.1, -0.05) is 202 Å². The fraction of sp³-hybridized carbons (Fsp3) is 0.455. The van der Waals surface area contributed by atoms with Crippen LogP contribution in [0.25, 0.3) is 0 Å². The third-order valence-corrected chi connectivity index (χ3v) is 21.7. The Morgan fingerprint density at radius 1 is 0.569 bits per heavy atom. The van der Waals surface area contributed by atoms with E-state index in [0.29, 0.717) is 6.61 Å². The van der Waals surface area contributed by atoms with E-state index in [9.17, 15) is 0 Å². The predicted octanol–water partition coefficient (Wildman–Crippen LogP) is 8.36. The highest BCUT2D eigenvalue weighted by molar-refractivity contribution is 7.35. The number of hydrogen-bond acceptors (Lipinski definition) is 4. The quantitative estimate of drug-likeness (QED) is 0.0895. The summed E-state index contributed by atoms with van der Waals surface area (Å²) in [6, 6.07) is 42.7. The minimum absolute atomic E-state index is 0.00921. The van der Waals surface area contributed by atoms with E-state index in [0.717, 1.165) is 32.1 Å². The summed E-state index contributed by atoms with van der Waals surface area (Å²) in [5.74, 6) is 0. The van der Waals surface area contributed by atoms with E-state index in [4.69, 9.17) is 32.1 Å². The zero-order chi connectivity index (χ0) is 38.0. The third-order valence-electron chi connectivity index (χ3n) is 9.40. The van der Waals surface area contributed by atoms with Crippen LogP contribution in [-0.2, 0) is 4.43 Å². The molecule has 4 aromatic carbocycles. The van der Waals surface area contributed by atoms with Gasteiger partial charge in [0.1, 0.15) is 0 Å². The Bertz CT molecular complexity index is 1380. The molecule has 280 valence electrons. The molecule has 0 aliphatic heterocycles. The average molecular weight is 748 g/mol. The van der Waals surface area contributed by atoms with Crippen LogP contribution in [0.15, 0.2) is 121 Å². The minimum atomic E-state index is -2.43. The van der Waals surface area contributed by atoms with Crippen molar-refractivity contribution in [1.29, 1.82) is 0 Å². The van der Waals surface area contributed by atoms with E-state index in [2.05, 4.69) is 165 Å². The average Bonchev–Trinajstić information content (AvgIpc) is 3.14. The van der Waals surface area contributed by atoms with Crippen molar-refractivity contribution in [2.24, 2.45) is 11.5 Å². The van der Waals surface area contributed by atoms with Crippen molar-refractivity contribution in [3.8, 4) is 0 Å². The number of unbranched alkanes of at least 4 members (excludes halogenated alkanes) is 2. The molecule has 0 aromatic heterocycles. The van der Waals surface area contributed by atoms with Crippen LogP contribution in [0.4, 0.5) is 0 Å².